The molecule has 0 aliphatic heterocycles. The minimum atomic E-state index is -0.763. The Bertz CT molecular complexity index is 761. The molecule has 0 spiro atoms. The van der Waals surface area contributed by atoms with Gasteiger partial charge in [-0.05, 0) is 50.1 Å². The molecule has 2 amide bonds. The van der Waals surface area contributed by atoms with Crippen LogP contribution in [0.15, 0.2) is 53.0 Å². The Kier molecular flexibility index (Phi) is 6.33. The molecule has 132 valence electrons. The number of rotatable bonds is 6. The molecule has 0 aromatic heterocycles. The molecule has 2 rings (SSSR count). The molecule has 5 nitrogen and oxygen atoms in total. The minimum absolute atomic E-state index is 0.272. The minimum Gasteiger partial charge on any atom is -0.324 e. The number of hydrogen-bond acceptors (Lipinski definition) is 3. The van der Waals surface area contributed by atoms with E-state index in [1.165, 1.54) is 0 Å². The molecule has 2 aromatic carbocycles. The number of carbonyl (C=O) groups is 2. The molecule has 0 bridgehead atoms. The van der Waals surface area contributed by atoms with Crippen molar-refractivity contribution >= 4 is 33.4 Å². The average molecular weight is 405 g/mol. The molecule has 0 aliphatic rings. The summed E-state index contributed by atoms with van der Waals surface area (Å²) in [6.45, 7) is 5.26. The first-order valence-corrected chi connectivity index (χ1v) is 8.64. The molecule has 0 fully saturated rings. The number of amides is 2. The van der Waals surface area contributed by atoms with Crippen LogP contribution in [-0.2, 0) is 19.8 Å². The Labute approximate surface area is 155 Å². The molecule has 6 heteroatoms. The van der Waals surface area contributed by atoms with Crippen molar-refractivity contribution in [2.45, 2.75) is 26.2 Å². The second kappa shape index (κ2) is 8.27. The van der Waals surface area contributed by atoms with Gasteiger partial charge >= 0.3 is 0 Å². The van der Waals surface area contributed by atoms with Crippen LogP contribution in [0.5, 0.6) is 0 Å². The van der Waals surface area contributed by atoms with E-state index in [0.717, 1.165) is 15.6 Å². The molecule has 2 aromatic rings. The van der Waals surface area contributed by atoms with Gasteiger partial charge < -0.3 is 5.32 Å². The van der Waals surface area contributed by atoms with Crippen molar-refractivity contribution in [1.29, 1.82) is 0 Å². The SMILES string of the molecule is Cc1cc(NC(=O)CONC(=O)C(C)(C)c2ccccc2)ccc1Br. The van der Waals surface area contributed by atoms with Gasteiger partial charge in [0.2, 0.25) is 0 Å². The first kappa shape index (κ1) is 19.1. The Morgan fingerprint density at radius 2 is 1.80 bits per heavy atom. The number of carbonyl (C=O) groups excluding carboxylic acids is 2. The number of hydrogen-bond donors (Lipinski definition) is 2. The van der Waals surface area contributed by atoms with E-state index in [1.807, 2.05) is 49.4 Å². The van der Waals surface area contributed by atoms with Crippen molar-refractivity contribution in [3.8, 4) is 0 Å². The maximum Gasteiger partial charge on any atom is 0.253 e. The van der Waals surface area contributed by atoms with Crippen LogP contribution in [0.25, 0.3) is 0 Å². The third kappa shape index (κ3) is 5.14. The van der Waals surface area contributed by atoms with E-state index in [2.05, 4.69) is 26.7 Å². The van der Waals surface area contributed by atoms with Crippen molar-refractivity contribution in [1.82, 2.24) is 5.48 Å². The molecule has 0 saturated carbocycles. The van der Waals surface area contributed by atoms with Crippen LogP contribution in [0.2, 0.25) is 0 Å². The molecule has 0 saturated heterocycles. The van der Waals surface area contributed by atoms with Gasteiger partial charge in [0.05, 0.1) is 5.41 Å². The largest absolute Gasteiger partial charge is 0.324 e. The second-order valence-corrected chi connectivity index (χ2v) is 7.08. The number of halogens is 1. The fraction of sp³-hybridized carbons (Fsp3) is 0.263. The zero-order chi connectivity index (χ0) is 18.4. The molecule has 0 heterocycles. The van der Waals surface area contributed by atoms with Crippen LogP contribution in [0.1, 0.15) is 25.0 Å². The van der Waals surface area contributed by atoms with Gasteiger partial charge in [0.1, 0.15) is 0 Å². The van der Waals surface area contributed by atoms with E-state index in [0.29, 0.717) is 5.69 Å². The Morgan fingerprint density at radius 3 is 2.44 bits per heavy atom. The number of hydroxylamine groups is 1. The summed E-state index contributed by atoms with van der Waals surface area (Å²) in [4.78, 5) is 29.3. The second-order valence-electron chi connectivity index (χ2n) is 6.22. The van der Waals surface area contributed by atoms with E-state index in [1.54, 1.807) is 19.9 Å². The quantitative estimate of drug-likeness (QED) is 0.720. The van der Waals surface area contributed by atoms with Gasteiger partial charge in [-0.2, -0.15) is 0 Å². The lowest BCUT2D eigenvalue weighted by Gasteiger charge is -2.23. The van der Waals surface area contributed by atoms with Crippen molar-refractivity contribution in [2.75, 3.05) is 11.9 Å². The van der Waals surface area contributed by atoms with Crippen LogP contribution in [-0.4, -0.2) is 18.4 Å². The van der Waals surface area contributed by atoms with Crippen LogP contribution in [0, 0.1) is 6.92 Å². The molecular formula is C19H21BrN2O3. The Balaban J connectivity index is 1.84. The molecule has 25 heavy (non-hydrogen) atoms. The number of nitrogens with one attached hydrogen (secondary N) is 2. The number of anilines is 1. The summed E-state index contributed by atoms with van der Waals surface area (Å²) < 4.78 is 0.970. The van der Waals surface area contributed by atoms with Crippen molar-refractivity contribution < 1.29 is 14.4 Å². The van der Waals surface area contributed by atoms with Gasteiger partial charge in [0.25, 0.3) is 11.8 Å². The highest BCUT2D eigenvalue weighted by Gasteiger charge is 2.29. The fourth-order valence-corrected chi connectivity index (χ4v) is 2.45. The molecule has 0 aliphatic carbocycles. The summed E-state index contributed by atoms with van der Waals surface area (Å²) in [6.07, 6.45) is 0. The van der Waals surface area contributed by atoms with E-state index in [4.69, 9.17) is 4.84 Å². The zero-order valence-corrected chi connectivity index (χ0v) is 16.0. The molecule has 2 N–H and O–H groups in total. The summed E-state index contributed by atoms with van der Waals surface area (Å²) >= 11 is 3.41. The zero-order valence-electron chi connectivity index (χ0n) is 14.4. The first-order chi connectivity index (χ1) is 11.8. The molecular weight excluding hydrogens is 384 g/mol. The fourth-order valence-electron chi connectivity index (χ4n) is 2.20. The summed E-state index contributed by atoms with van der Waals surface area (Å²) in [6, 6.07) is 14.9. The lowest BCUT2D eigenvalue weighted by molar-refractivity contribution is -0.141. The lowest BCUT2D eigenvalue weighted by atomic mass is 9.84. The van der Waals surface area contributed by atoms with Gasteiger partial charge in [0.15, 0.2) is 6.61 Å². The number of aryl methyl sites for hydroxylation is 1. The van der Waals surface area contributed by atoms with Gasteiger partial charge in [-0.3, -0.25) is 14.4 Å². The topological polar surface area (TPSA) is 67.4 Å². The highest BCUT2D eigenvalue weighted by Crippen LogP contribution is 2.23. The van der Waals surface area contributed by atoms with Crippen molar-refractivity contribution in [3.05, 3.63) is 64.1 Å². The lowest BCUT2D eigenvalue weighted by Crippen LogP contribution is -2.41. The van der Waals surface area contributed by atoms with E-state index >= 15 is 0 Å². The highest BCUT2D eigenvalue weighted by molar-refractivity contribution is 9.10. The van der Waals surface area contributed by atoms with Crippen molar-refractivity contribution in [3.63, 3.8) is 0 Å². The standard InChI is InChI=1S/C19H21BrN2O3/c1-13-11-15(9-10-16(13)20)21-17(23)12-25-22-18(24)19(2,3)14-7-5-4-6-8-14/h4-11H,12H2,1-3H3,(H,21,23)(H,22,24). The van der Waals surface area contributed by atoms with E-state index < -0.39 is 5.41 Å². The van der Waals surface area contributed by atoms with Gasteiger partial charge in [-0.1, -0.05) is 46.3 Å². The summed E-state index contributed by atoms with van der Waals surface area (Å²) in [5.41, 5.74) is 4.14. The summed E-state index contributed by atoms with van der Waals surface area (Å²) in [5.74, 6) is -0.662. The summed E-state index contributed by atoms with van der Waals surface area (Å²) in [7, 11) is 0. The van der Waals surface area contributed by atoms with Crippen LogP contribution >= 0.6 is 15.9 Å². The third-order valence-electron chi connectivity index (χ3n) is 3.87. The van der Waals surface area contributed by atoms with Crippen LogP contribution in [0.4, 0.5) is 5.69 Å². The number of benzene rings is 2. The average Bonchev–Trinajstić information content (AvgIpc) is 2.59. The van der Waals surface area contributed by atoms with Crippen LogP contribution in [0.3, 0.4) is 0 Å². The van der Waals surface area contributed by atoms with Crippen molar-refractivity contribution in [2.24, 2.45) is 0 Å². The molecule has 0 unspecified atom stereocenters. The predicted molar refractivity (Wildman–Crippen MR) is 101 cm³/mol. The van der Waals surface area contributed by atoms with Crippen LogP contribution < -0.4 is 10.8 Å². The molecule has 0 atom stereocenters. The van der Waals surface area contributed by atoms with E-state index in [9.17, 15) is 9.59 Å². The maximum atomic E-state index is 12.3. The van der Waals surface area contributed by atoms with Gasteiger partial charge in [-0.25, -0.2) is 5.48 Å². The monoisotopic (exact) mass is 404 g/mol. The Hall–Kier alpha value is -2.18. The first-order valence-electron chi connectivity index (χ1n) is 7.84. The molecule has 0 radical (unpaired) electrons. The highest BCUT2D eigenvalue weighted by atomic mass is 79.9. The third-order valence-corrected chi connectivity index (χ3v) is 4.76. The Morgan fingerprint density at radius 1 is 1.12 bits per heavy atom. The summed E-state index contributed by atoms with van der Waals surface area (Å²) in [5, 5.41) is 2.72. The van der Waals surface area contributed by atoms with E-state index in [-0.39, 0.29) is 18.4 Å². The van der Waals surface area contributed by atoms with Gasteiger partial charge in [0, 0.05) is 10.2 Å². The smallest absolute Gasteiger partial charge is 0.253 e. The maximum absolute atomic E-state index is 12.3. The predicted octanol–water partition coefficient (Wildman–Crippen LogP) is 3.72. The van der Waals surface area contributed by atoms with Gasteiger partial charge in [-0.15, -0.1) is 0 Å². The normalized spacial score (nSPS) is 11.0.